The van der Waals surface area contributed by atoms with Gasteiger partial charge in [0.1, 0.15) is 0 Å². The number of phenols is 1. The Morgan fingerprint density at radius 3 is 1.83 bits per heavy atom. The van der Waals surface area contributed by atoms with Gasteiger partial charge in [0, 0.05) is 6.54 Å². The Bertz CT molecular complexity index is 826. The molecule has 0 radical (unpaired) electrons. The van der Waals surface area contributed by atoms with Crippen molar-refractivity contribution in [3.05, 3.63) is 35.4 Å². The fraction of sp³-hybridized carbons (Fsp3) is 0.381. The Balaban J connectivity index is 2.00. The van der Waals surface area contributed by atoms with Crippen molar-refractivity contribution in [3.8, 4) is 34.5 Å². The van der Waals surface area contributed by atoms with Gasteiger partial charge in [-0.25, -0.2) is 0 Å². The van der Waals surface area contributed by atoms with Crippen molar-refractivity contribution in [3.63, 3.8) is 0 Å². The molecule has 0 aromatic heterocycles. The van der Waals surface area contributed by atoms with Crippen LogP contribution in [-0.2, 0) is 17.6 Å². The minimum Gasteiger partial charge on any atom is -0.504 e. The third kappa shape index (κ3) is 5.37. The van der Waals surface area contributed by atoms with Crippen LogP contribution in [-0.4, -0.2) is 53.1 Å². The maximum Gasteiger partial charge on any atom is 0.224 e. The number of nitrogens with one attached hydrogen (secondary N) is 1. The van der Waals surface area contributed by atoms with Crippen molar-refractivity contribution in [1.29, 1.82) is 0 Å². The highest BCUT2D eigenvalue weighted by Crippen LogP contribution is 2.38. The maximum absolute atomic E-state index is 12.3. The van der Waals surface area contributed by atoms with E-state index in [1.807, 2.05) is 0 Å². The molecule has 0 saturated carbocycles. The summed E-state index contributed by atoms with van der Waals surface area (Å²) in [6, 6.07) is 6.84. The first-order valence-corrected chi connectivity index (χ1v) is 8.96. The largest absolute Gasteiger partial charge is 0.504 e. The molecule has 0 spiro atoms. The number of amides is 1. The highest BCUT2D eigenvalue weighted by molar-refractivity contribution is 5.79. The fourth-order valence-electron chi connectivity index (χ4n) is 2.98. The number of hydrogen-bond donors (Lipinski definition) is 2. The molecule has 2 aromatic carbocycles. The monoisotopic (exact) mass is 405 g/mol. The molecule has 2 N–H and O–H groups in total. The van der Waals surface area contributed by atoms with Gasteiger partial charge in [0.05, 0.1) is 42.0 Å². The SMILES string of the molecule is COc1cc(CCNC(=O)Cc2cc(OC)c(OC)c(OC)c2)cc(O)c1OC. The van der Waals surface area contributed by atoms with E-state index in [0.717, 1.165) is 11.1 Å². The van der Waals surface area contributed by atoms with E-state index in [1.165, 1.54) is 35.5 Å². The average molecular weight is 405 g/mol. The number of phenolic OH excluding ortho intramolecular Hbond substituents is 1. The Labute approximate surface area is 170 Å². The minimum absolute atomic E-state index is 0.00870. The number of benzene rings is 2. The second kappa shape index (κ2) is 10.3. The normalized spacial score (nSPS) is 10.2. The van der Waals surface area contributed by atoms with Gasteiger partial charge in [0.25, 0.3) is 0 Å². The van der Waals surface area contributed by atoms with E-state index in [1.54, 1.807) is 24.3 Å². The lowest BCUT2D eigenvalue weighted by atomic mass is 10.1. The summed E-state index contributed by atoms with van der Waals surface area (Å²) in [5.74, 6) is 2.03. The zero-order chi connectivity index (χ0) is 21.4. The summed E-state index contributed by atoms with van der Waals surface area (Å²) in [4.78, 5) is 12.3. The second-order valence-electron chi connectivity index (χ2n) is 6.16. The molecular formula is C21H27NO7. The number of hydrogen-bond acceptors (Lipinski definition) is 7. The predicted octanol–water partition coefficient (Wildman–Crippen LogP) is 2.34. The number of rotatable bonds is 10. The summed E-state index contributed by atoms with van der Waals surface area (Å²) in [5.41, 5.74) is 1.55. The molecule has 0 aliphatic heterocycles. The summed E-state index contributed by atoms with van der Waals surface area (Å²) < 4.78 is 26.2. The van der Waals surface area contributed by atoms with Gasteiger partial charge in [-0.2, -0.15) is 0 Å². The van der Waals surface area contributed by atoms with E-state index in [9.17, 15) is 9.90 Å². The second-order valence-corrected chi connectivity index (χ2v) is 6.16. The average Bonchev–Trinajstić information content (AvgIpc) is 2.72. The van der Waals surface area contributed by atoms with Crippen molar-refractivity contribution in [2.75, 3.05) is 42.1 Å². The fourth-order valence-corrected chi connectivity index (χ4v) is 2.98. The Morgan fingerprint density at radius 1 is 0.793 bits per heavy atom. The van der Waals surface area contributed by atoms with Crippen LogP contribution in [0.2, 0.25) is 0 Å². The molecule has 2 aromatic rings. The summed E-state index contributed by atoms with van der Waals surface area (Å²) >= 11 is 0. The number of aromatic hydroxyl groups is 1. The molecule has 0 atom stereocenters. The molecule has 0 aliphatic carbocycles. The van der Waals surface area contributed by atoms with Crippen molar-refractivity contribution >= 4 is 5.91 Å². The van der Waals surface area contributed by atoms with Gasteiger partial charge in [0.15, 0.2) is 23.0 Å². The van der Waals surface area contributed by atoms with Crippen molar-refractivity contribution in [2.45, 2.75) is 12.8 Å². The van der Waals surface area contributed by atoms with E-state index in [4.69, 9.17) is 23.7 Å². The molecule has 158 valence electrons. The zero-order valence-corrected chi connectivity index (χ0v) is 17.3. The van der Waals surface area contributed by atoms with Gasteiger partial charge in [-0.15, -0.1) is 0 Å². The molecule has 0 saturated heterocycles. The van der Waals surface area contributed by atoms with Crippen molar-refractivity contribution in [1.82, 2.24) is 5.32 Å². The summed E-state index contributed by atoms with van der Waals surface area (Å²) in [6.07, 6.45) is 0.683. The molecule has 2 rings (SSSR count). The zero-order valence-electron chi connectivity index (χ0n) is 17.3. The van der Waals surface area contributed by atoms with Gasteiger partial charge in [-0.1, -0.05) is 0 Å². The smallest absolute Gasteiger partial charge is 0.224 e. The summed E-state index contributed by atoms with van der Waals surface area (Å²) in [5, 5.41) is 12.9. The van der Waals surface area contributed by atoms with Crippen molar-refractivity contribution in [2.24, 2.45) is 0 Å². The van der Waals surface area contributed by atoms with Gasteiger partial charge >= 0.3 is 0 Å². The summed E-state index contributed by atoms with van der Waals surface area (Å²) in [7, 11) is 7.54. The molecule has 0 unspecified atom stereocenters. The lowest BCUT2D eigenvalue weighted by Gasteiger charge is -2.14. The highest BCUT2D eigenvalue weighted by Gasteiger charge is 2.15. The number of ether oxygens (including phenoxy) is 5. The third-order valence-electron chi connectivity index (χ3n) is 4.34. The van der Waals surface area contributed by atoms with Crippen LogP contribution in [0.3, 0.4) is 0 Å². The quantitative estimate of drug-likeness (QED) is 0.626. The van der Waals surface area contributed by atoms with Crippen LogP contribution >= 0.6 is 0 Å². The minimum atomic E-state index is -0.149. The van der Waals surface area contributed by atoms with Crippen LogP contribution in [0.25, 0.3) is 0 Å². The predicted molar refractivity (Wildman–Crippen MR) is 108 cm³/mol. The van der Waals surface area contributed by atoms with Crippen LogP contribution in [0.5, 0.6) is 34.5 Å². The van der Waals surface area contributed by atoms with Crippen LogP contribution in [0.1, 0.15) is 11.1 Å². The third-order valence-corrected chi connectivity index (χ3v) is 4.34. The number of methoxy groups -OCH3 is 5. The molecule has 8 nitrogen and oxygen atoms in total. The van der Waals surface area contributed by atoms with Crippen LogP contribution in [0, 0.1) is 0 Å². The maximum atomic E-state index is 12.3. The van der Waals surface area contributed by atoms with E-state index >= 15 is 0 Å². The van der Waals surface area contributed by atoms with Gasteiger partial charge in [-0.05, 0) is 41.8 Å². The molecular weight excluding hydrogens is 378 g/mol. The molecule has 29 heavy (non-hydrogen) atoms. The number of carbonyl (C=O) groups is 1. The first-order valence-electron chi connectivity index (χ1n) is 8.96. The molecule has 0 fully saturated rings. The summed E-state index contributed by atoms with van der Waals surface area (Å²) in [6.45, 7) is 0.401. The van der Waals surface area contributed by atoms with E-state index in [2.05, 4.69) is 5.32 Å². The molecule has 8 heteroatoms. The van der Waals surface area contributed by atoms with Crippen LogP contribution in [0.15, 0.2) is 24.3 Å². The molecule has 0 aliphatic rings. The lowest BCUT2D eigenvalue weighted by Crippen LogP contribution is -2.27. The number of carbonyl (C=O) groups excluding carboxylic acids is 1. The van der Waals surface area contributed by atoms with Crippen LogP contribution < -0.4 is 29.0 Å². The Morgan fingerprint density at radius 2 is 1.31 bits per heavy atom. The lowest BCUT2D eigenvalue weighted by molar-refractivity contribution is -0.120. The van der Waals surface area contributed by atoms with Gasteiger partial charge < -0.3 is 34.1 Å². The van der Waals surface area contributed by atoms with E-state index < -0.39 is 0 Å². The Kier molecular flexibility index (Phi) is 7.82. The van der Waals surface area contributed by atoms with Gasteiger partial charge in [0.2, 0.25) is 17.4 Å². The highest BCUT2D eigenvalue weighted by atomic mass is 16.5. The molecule has 0 bridgehead atoms. The molecule has 1 amide bonds. The van der Waals surface area contributed by atoms with E-state index in [0.29, 0.717) is 36.0 Å². The molecule has 0 heterocycles. The standard InChI is InChI=1S/C21H27NO7/c1-25-16-9-13(8-15(23)20(16)28-4)6-7-22-19(24)12-14-10-17(26-2)21(29-5)18(11-14)27-3/h8-11,23H,6-7,12H2,1-5H3,(H,22,24). The van der Waals surface area contributed by atoms with Crippen molar-refractivity contribution < 1.29 is 33.6 Å². The Hall–Kier alpha value is -3.29. The first-order chi connectivity index (χ1) is 14.0. The topological polar surface area (TPSA) is 95.5 Å². The van der Waals surface area contributed by atoms with Gasteiger partial charge in [-0.3, -0.25) is 4.79 Å². The van der Waals surface area contributed by atoms with E-state index in [-0.39, 0.29) is 23.8 Å². The first kappa shape index (κ1) is 22.0. The van der Waals surface area contributed by atoms with Crippen LogP contribution in [0.4, 0.5) is 0 Å².